The lowest BCUT2D eigenvalue weighted by molar-refractivity contribution is 0.617. The quantitative estimate of drug-likeness (QED) is 0.675. The molecule has 1 N–H and O–H groups in total. The maximum Gasteiger partial charge on any atom is 0.128 e. The number of aromatic nitrogens is 1. The van der Waals surface area contributed by atoms with E-state index in [1.54, 1.807) is 0 Å². The highest BCUT2D eigenvalue weighted by atomic mass is 15.2. The fraction of sp³-hybridized carbons (Fsp3) is 0.706. The van der Waals surface area contributed by atoms with Crippen molar-refractivity contribution in [2.45, 2.75) is 58.3 Å². The van der Waals surface area contributed by atoms with Crippen molar-refractivity contribution < 1.29 is 0 Å². The van der Waals surface area contributed by atoms with Crippen molar-refractivity contribution >= 4 is 11.5 Å². The monoisotopic (exact) mass is 275 g/mol. The molecule has 1 fully saturated rings. The van der Waals surface area contributed by atoms with Gasteiger partial charge in [-0.25, -0.2) is 4.98 Å². The zero-order valence-corrected chi connectivity index (χ0v) is 12.9. The molecule has 0 atom stereocenters. The molecule has 2 rings (SSSR count). The van der Waals surface area contributed by atoms with Gasteiger partial charge in [-0.05, 0) is 31.4 Å². The highest BCUT2D eigenvalue weighted by molar-refractivity contribution is 5.48. The standard InChI is InChI=1S/C17H29N3/c1-2-3-4-5-6-7-12-18-16-10-11-17(19-15-16)20-13-8-9-14-20/h10-11,15,18H,2-9,12-14H2,1H3. The van der Waals surface area contributed by atoms with E-state index in [0.717, 1.165) is 31.1 Å². The third-order valence-corrected chi connectivity index (χ3v) is 4.04. The van der Waals surface area contributed by atoms with E-state index in [0.29, 0.717) is 0 Å². The molecule has 2 heterocycles. The summed E-state index contributed by atoms with van der Waals surface area (Å²) >= 11 is 0. The average molecular weight is 275 g/mol. The van der Waals surface area contributed by atoms with Crippen molar-refractivity contribution in [3.05, 3.63) is 18.3 Å². The number of rotatable bonds is 9. The van der Waals surface area contributed by atoms with Crippen molar-refractivity contribution in [1.29, 1.82) is 0 Å². The lowest BCUT2D eigenvalue weighted by Crippen LogP contribution is -2.18. The first kappa shape index (κ1) is 15.1. The number of nitrogens with zero attached hydrogens (tertiary/aromatic N) is 2. The highest BCUT2D eigenvalue weighted by Gasteiger charge is 2.12. The molecule has 0 amide bonds. The summed E-state index contributed by atoms with van der Waals surface area (Å²) in [4.78, 5) is 6.94. The first-order chi connectivity index (χ1) is 9.90. The van der Waals surface area contributed by atoms with Gasteiger partial charge in [0.25, 0.3) is 0 Å². The second-order valence-electron chi connectivity index (χ2n) is 5.79. The van der Waals surface area contributed by atoms with Crippen LogP contribution in [0, 0.1) is 0 Å². The molecule has 1 saturated heterocycles. The Morgan fingerprint density at radius 1 is 1.05 bits per heavy atom. The van der Waals surface area contributed by atoms with Gasteiger partial charge in [0.05, 0.1) is 11.9 Å². The highest BCUT2D eigenvalue weighted by Crippen LogP contribution is 2.19. The van der Waals surface area contributed by atoms with Crippen LogP contribution in [-0.4, -0.2) is 24.6 Å². The van der Waals surface area contributed by atoms with E-state index in [4.69, 9.17) is 0 Å². The van der Waals surface area contributed by atoms with Gasteiger partial charge in [0.2, 0.25) is 0 Å². The molecule has 0 bridgehead atoms. The van der Waals surface area contributed by atoms with Crippen LogP contribution >= 0.6 is 0 Å². The van der Waals surface area contributed by atoms with Gasteiger partial charge in [0.15, 0.2) is 0 Å². The van der Waals surface area contributed by atoms with Crippen LogP contribution in [0.3, 0.4) is 0 Å². The van der Waals surface area contributed by atoms with Gasteiger partial charge in [-0.15, -0.1) is 0 Å². The molecular weight excluding hydrogens is 246 g/mol. The number of hydrogen-bond donors (Lipinski definition) is 1. The van der Waals surface area contributed by atoms with Crippen molar-refractivity contribution in [3.63, 3.8) is 0 Å². The van der Waals surface area contributed by atoms with Crippen LogP contribution in [0.4, 0.5) is 11.5 Å². The molecule has 1 aliphatic rings. The molecule has 3 nitrogen and oxygen atoms in total. The summed E-state index contributed by atoms with van der Waals surface area (Å²) in [6, 6.07) is 4.31. The molecule has 0 spiro atoms. The number of pyridine rings is 1. The van der Waals surface area contributed by atoms with Crippen LogP contribution < -0.4 is 10.2 Å². The summed E-state index contributed by atoms with van der Waals surface area (Å²) in [5, 5.41) is 3.47. The largest absolute Gasteiger partial charge is 0.384 e. The summed E-state index contributed by atoms with van der Waals surface area (Å²) in [6.45, 7) is 5.66. The second kappa shape index (κ2) is 8.83. The Kier molecular flexibility index (Phi) is 6.69. The Labute approximate surface area is 123 Å². The average Bonchev–Trinajstić information content (AvgIpc) is 3.01. The van der Waals surface area contributed by atoms with E-state index in [-0.39, 0.29) is 0 Å². The zero-order valence-electron chi connectivity index (χ0n) is 12.9. The summed E-state index contributed by atoms with van der Waals surface area (Å²) in [5.74, 6) is 1.13. The first-order valence-electron chi connectivity index (χ1n) is 8.35. The van der Waals surface area contributed by atoms with Gasteiger partial charge in [-0.1, -0.05) is 39.0 Å². The Morgan fingerprint density at radius 3 is 2.50 bits per heavy atom. The Balaban J connectivity index is 1.61. The van der Waals surface area contributed by atoms with E-state index in [2.05, 4.69) is 34.3 Å². The SMILES string of the molecule is CCCCCCCCNc1ccc(N2CCCC2)nc1. The normalized spacial score (nSPS) is 14.8. The minimum absolute atomic E-state index is 1.07. The fourth-order valence-corrected chi connectivity index (χ4v) is 2.76. The molecule has 0 unspecified atom stereocenters. The van der Waals surface area contributed by atoms with E-state index in [9.17, 15) is 0 Å². The Hall–Kier alpha value is -1.25. The minimum Gasteiger partial charge on any atom is -0.384 e. The Bertz CT molecular complexity index is 355. The van der Waals surface area contributed by atoms with Crippen LogP contribution in [-0.2, 0) is 0 Å². The summed E-state index contributed by atoms with van der Waals surface area (Å²) in [6.07, 6.45) is 12.7. The molecule has 0 radical (unpaired) electrons. The van der Waals surface area contributed by atoms with Gasteiger partial charge >= 0.3 is 0 Å². The summed E-state index contributed by atoms with van der Waals surface area (Å²) in [5.41, 5.74) is 1.15. The molecule has 1 aromatic heterocycles. The van der Waals surface area contributed by atoms with Crippen LogP contribution in [0.1, 0.15) is 58.3 Å². The second-order valence-corrected chi connectivity index (χ2v) is 5.79. The predicted molar refractivity (Wildman–Crippen MR) is 87.5 cm³/mol. The van der Waals surface area contributed by atoms with Crippen LogP contribution in [0.15, 0.2) is 18.3 Å². The number of hydrogen-bond acceptors (Lipinski definition) is 3. The summed E-state index contributed by atoms with van der Waals surface area (Å²) in [7, 11) is 0. The lowest BCUT2D eigenvalue weighted by atomic mass is 10.1. The molecular formula is C17H29N3. The van der Waals surface area contributed by atoms with Crippen LogP contribution in [0.25, 0.3) is 0 Å². The third kappa shape index (κ3) is 5.03. The van der Waals surface area contributed by atoms with E-state index in [1.165, 1.54) is 51.4 Å². The van der Waals surface area contributed by atoms with Crippen molar-refractivity contribution in [1.82, 2.24) is 4.98 Å². The molecule has 20 heavy (non-hydrogen) atoms. The number of anilines is 2. The fourth-order valence-electron chi connectivity index (χ4n) is 2.76. The minimum atomic E-state index is 1.07. The molecule has 112 valence electrons. The molecule has 0 saturated carbocycles. The molecule has 0 aromatic carbocycles. The summed E-state index contributed by atoms with van der Waals surface area (Å²) < 4.78 is 0. The maximum absolute atomic E-state index is 4.56. The topological polar surface area (TPSA) is 28.2 Å². The van der Waals surface area contributed by atoms with Crippen LogP contribution in [0.2, 0.25) is 0 Å². The van der Waals surface area contributed by atoms with E-state index < -0.39 is 0 Å². The van der Waals surface area contributed by atoms with Gasteiger partial charge in [-0.2, -0.15) is 0 Å². The smallest absolute Gasteiger partial charge is 0.128 e. The van der Waals surface area contributed by atoms with E-state index >= 15 is 0 Å². The zero-order chi connectivity index (χ0) is 14.0. The molecule has 1 aliphatic heterocycles. The number of unbranched alkanes of at least 4 members (excludes halogenated alkanes) is 5. The molecule has 3 heteroatoms. The molecule has 1 aromatic rings. The Morgan fingerprint density at radius 2 is 1.80 bits per heavy atom. The van der Waals surface area contributed by atoms with Crippen molar-refractivity contribution in [2.75, 3.05) is 29.9 Å². The first-order valence-corrected chi connectivity index (χ1v) is 8.35. The predicted octanol–water partition coefficient (Wildman–Crippen LogP) is 4.45. The third-order valence-electron chi connectivity index (χ3n) is 4.04. The van der Waals surface area contributed by atoms with Gasteiger partial charge in [-0.3, -0.25) is 0 Å². The molecule has 0 aliphatic carbocycles. The van der Waals surface area contributed by atoms with Gasteiger partial charge in [0.1, 0.15) is 5.82 Å². The van der Waals surface area contributed by atoms with Crippen molar-refractivity contribution in [2.24, 2.45) is 0 Å². The lowest BCUT2D eigenvalue weighted by Gasteiger charge is -2.16. The number of nitrogens with one attached hydrogen (secondary N) is 1. The van der Waals surface area contributed by atoms with Crippen LogP contribution in [0.5, 0.6) is 0 Å². The van der Waals surface area contributed by atoms with Gasteiger partial charge in [0, 0.05) is 19.6 Å². The van der Waals surface area contributed by atoms with E-state index in [1.807, 2.05) is 6.20 Å². The van der Waals surface area contributed by atoms with Gasteiger partial charge < -0.3 is 10.2 Å². The van der Waals surface area contributed by atoms with Crippen molar-refractivity contribution in [3.8, 4) is 0 Å². The maximum atomic E-state index is 4.56.